The summed E-state index contributed by atoms with van der Waals surface area (Å²) in [4.78, 5) is 21.8. The van der Waals surface area contributed by atoms with E-state index in [1.807, 2.05) is 0 Å². The lowest BCUT2D eigenvalue weighted by Gasteiger charge is -2.13. The summed E-state index contributed by atoms with van der Waals surface area (Å²) in [6, 6.07) is 0. The Bertz CT molecular complexity index is 241. The minimum Gasteiger partial charge on any atom is -0.487 e. The normalized spacial score (nSPS) is 12.1. The number of esters is 1. The molecule has 4 nitrogen and oxygen atoms in total. The fourth-order valence-electron chi connectivity index (χ4n) is 0.788. The van der Waals surface area contributed by atoms with E-state index in [0.717, 1.165) is 6.29 Å². The van der Waals surface area contributed by atoms with Gasteiger partial charge in [-0.1, -0.05) is 0 Å². The van der Waals surface area contributed by atoms with Crippen molar-refractivity contribution in [2.45, 2.75) is 20.8 Å². The fourth-order valence-corrected chi connectivity index (χ4v) is 0.788. The first-order chi connectivity index (χ1) is 6.46. The van der Waals surface area contributed by atoms with Crippen molar-refractivity contribution in [3.8, 4) is 0 Å². The Hall–Kier alpha value is -1.32. The molecule has 0 saturated carbocycles. The van der Waals surface area contributed by atoms with Crippen LogP contribution >= 0.6 is 0 Å². The summed E-state index contributed by atoms with van der Waals surface area (Å²) in [6.45, 7) is 5.48. The van der Waals surface area contributed by atoms with Crippen molar-refractivity contribution in [1.82, 2.24) is 0 Å². The maximum absolute atomic E-state index is 11.2. The Morgan fingerprint density at radius 2 is 2.00 bits per heavy atom. The molecule has 0 fully saturated rings. The standard InChI is InChI=1S/C10H16O4/c1-5-14-8(9(12)13-4)6-10(2,3)7-11/h6-7H,5H2,1-4H3. The van der Waals surface area contributed by atoms with Crippen molar-refractivity contribution < 1.29 is 19.1 Å². The third kappa shape index (κ3) is 4.07. The molecule has 0 saturated heterocycles. The molecule has 0 N–H and O–H groups in total. The molecule has 0 aliphatic heterocycles. The van der Waals surface area contributed by atoms with E-state index in [0.29, 0.717) is 6.61 Å². The number of methoxy groups -OCH3 is 1. The minimum atomic E-state index is -0.724. The second-order valence-corrected chi connectivity index (χ2v) is 3.37. The molecule has 0 bridgehead atoms. The van der Waals surface area contributed by atoms with Crippen LogP contribution in [0.15, 0.2) is 11.8 Å². The van der Waals surface area contributed by atoms with Crippen molar-refractivity contribution in [3.05, 3.63) is 11.8 Å². The van der Waals surface area contributed by atoms with Crippen LogP contribution in [-0.2, 0) is 19.1 Å². The lowest BCUT2D eigenvalue weighted by molar-refractivity contribution is -0.140. The van der Waals surface area contributed by atoms with Crippen molar-refractivity contribution in [3.63, 3.8) is 0 Å². The number of allylic oxidation sites excluding steroid dienone is 1. The van der Waals surface area contributed by atoms with Crippen molar-refractivity contribution in [1.29, 1.82) is 0 Å². The summed E-state index contributed by atoms with van der Waals surface area (Å²) in [5.74, 6) is -0.492. The predicted octanol–water partition coefficient (Wildman–Crippen LogP) is 1.30. The smallest absolute Gasteiger partial charge is 0.373 e. The lowest BCUT2D eigenvalue weighted by atomic mass is 9.95. The zero-order chi connectivity index (χ0) is 11.2. The van der Waals surface area contributed by atoms with Gasteiger partial charge in [-0.25, -0.2) is 4.79 Å². The van der Waals surface area contributed by atoms with Gasteiger partial charge in [-0.05, 0) is 26.8 Å². The maximum Gasteiger partial charge on any atom is 0.373 e. The van der Waals surface area contributed by atoms with Crippen LogP contribution < -0.4 is 0 Å². The van der Waals surface area contributed by atoms with Gasteiger partial charge in [0.15, 0.2) is 0 Å². The summed E-state index contributed by atoms with van der Waals surface area (Å²) >= 11 is 0. The van der Waals surface area contributed by atoms with Crippen LogP contribution in [0, 0.1) is 5.41 Å². The Morgan fingerprint density at radius 1 is 1.43 bits per heavy atom. The monoisotopic (exact) mass is 200 g/mol. The average Bonchev–Trinajstić information content (AvgIpc) is 2.16. The van der Waals surface area contributed by atoms with Gasteiger partial charge in [0.25, 0.3) is 0 Å². The average molecular weight is 200 g/mol. The molecule has 14 heavy (non-hydrogen) atoms. The highest BCUT2D eigenvalue weighted by molar-refractivity contribution is 5.87. The first-order valence-electron chi connectivity index (χ1n) is 4.37. The van der Waals surface area contributed by atoms with E-state index in [4.69, 9.17) is 4.74 Å². The van der Waals surface area contributed by atoms with Crippen LogP contribution in [-0.4, -0.2) is 26.0 Å². The van der Waals surface area contributed by atoms with Crippen molar-refractivity contribution in [2.75, 3.05) is 13.7 Å². The highest BCUT2D eigenvalue weighted by Gasteiger charge is 2.19. The molecule has 0 aromatic rings. The Kier molecular flexibility index (Phi) is 4.91. The first kappa shape index (κ1) is 12.7. The highest BCUT2D eigenvalue weighted by Crippen LogP contribution is 2.17. The minimum absolute atomic E-state index is 0.0760. The first-order valence-corrected chi connectivity index (χ1v) is 4.37. The topological polar surface area (TPSA) is 52.6 Å². The van der Waals surface area contributed by atoms with Gasteiger partial charge in [0.1, 0.15) is 6.29 Å². The van der Waals surface area contributed by atoms with Crippen LogP contribution in [0.25, 0.3) is 0 Å². The second-order valence-electron chi connectivity index (χ2n) is 3.37. The Morgan fingerprint density at radius 3 is 2.36 bits per heavy atom. The molecule has 4 heteroatoms. The molecule has 0 aromatic carbocycles. The van der Waals surface area contributed by atoms with E-state index in [-0.39, 0.29) is 5.76 Å². The summed E-state index contributed by atoms with van der Waals surface area (Å²) in [6.07, 6.45) is 2.20. The summed E-state index contributed by atoms with van der Waals surface area (Å²) in [5, 5.41) is 0. The third-order valence-electron chi connectivity index (χ3n) is 1.49. The van der Waals surface area contributed by atoms with Gasteiger partial charge in [0, 0.05) is 5.41 Å². The molecular weight excluding hydrogens is 184 g/mol. The quantitative estimate of drug-likeness (QED) is 0.290. The van der Waals surface area contributed by atoms with Gasteiger partial charge in [-0.2, -0.15) is 0 Å². The molecule has 0 atom stereocenters. The number of carbonyl (C=O) groups excluding carboxylic acids is 2. The largest absolute Gasteiger partial charge is 0.487 e. The van der Waals surface area contributed by atoms with E-state index in [9.17, 15) is 9.59 Å². The molecule has 0 aliphatic rings. The molecule has 0 rings (SSSR count). The fraction of sp³-hybridized carbons (Fsp3) is 0.600. The molecular formula is C10H16O4. The van der Waals surface area contributed by atoms with Crippen LogP contribution in [0.5, 0.6) is 0 Å². The van der Waals surface area contributed by atoms with E-state index in [2.05, 4.69) is 4.74 Å². The third-order valence-corrected chi connectivity index (χ3v) is 1.49. The molecule has 80 valence electrons. The molecule has 0 amide bonds. The van der Waals surface area contributed by atoms with Crippen LogP contribution in [0.4, 0.5) is 0 Å². The SMILES string of the molecule is CCOC(=CC(C)(C)C=O)C(=O)OC. The molecule has 0 heterocycles. The van der Waals surface area contributed by atoms with Crippen LogP contribution in [0.3, 0.4) is 0 Å². The van der Waals surface area contributed by atoms with Crippen molar-refractivity contribution in [2.24, 2.45) is 5.41 Å². The number of carbonyl (C=O) groups is 2. The predicted molar refractivity (Wildman–Crippen MR) is 51.6 cm³/mol. The zero-order valence-electron chi connectivity index (χ0n) is 8.99. The number of ether oxygens (including phenoxy) is 2. The van der Waals surface area contributed by atoms with E-state index in [1.54, 1.807) is 20.8 Å². The molecule has 0 aliphatic carbocycles. The summed E-state index contributed by atoms with van der Waals surface area (Å²) < 4.78 is 9.57. The zero-order valence-corrected chi connectivity index (χ0v) is 8.99. The van der Waals surface area contributed by atoms with E-state index >= 15 is 0 Å². The van der Waals surface area contributed by atoms with Gasteiger partial charge in [0.2, 0.25) is 5.76 Å². The molecule has 0 radical (unpaired) electrons. The number of aldehydes is 1. The summed E-state index contributed by atoms with van der Waals surface area (Å²) in [7, 11) is 1.27. The Labute approximate surface area is 83.9 Å². The van der Waals surface area contributed by atoms with Gasteiger partial charge in [-0.3, -0.25) is 0 Å². The molecule has 0 aromatic heterocycles. The van der Waals surface area contributed by atoms with E-state index in [1.165, 1.54) is 13.2 Å². The number of rotatable bonds is 5. The maximum atomic E-state index is 11.2. The highest BCUT2D eigenvalue weighted by atomic mass is 16.6. The second kappa shape index (κ2) is 5.42. The number of hydrogen-bond acceptors (Lipinski definition) is 4. The van der Waals surface area contributed by atoms with Gasteiger partial charge in [-0.15, -0.1) is 0 Å². The van der Waals surface area contributed by atoms with Gasteiger partial charge < -0.3 is 14.3 Å². The number of hydrogen-bond donors (Lipinski definition) is 0. The van der Waals surface area contributed by atoms with Gasteiger partial charge >= 0.3 is 5.97 Å². The van der Waals surface area contributed by atoms with Crippen LogP contribution in [0.1, 0.15) is 20.8 Å². The molecule has 0 spiro atoms. The van der Waals surface area contributed by atoms with Gasteiger partial charge in [0.05, 0.1) is 13.7 Å². The Balaban J connectivity index is 4.80. The summed E-state index contributed by atoms with van der Waals surface area (Å²) in [5.41, 5.74) is -0.724. The van der Waals surface area contributed by atoms with Crippen LogP contribution in [0.2, 0.25) is 0 Å². The van der Waals surface area contributed by atoms with Crippen molar-refractivity contribution >= 4 is 12.3 Å². The molecule has 0 unspecified atom stereocenters. The lowest BCUT2D eigenvalue weighted by Crippen LogP contribution is -2.15. The van der Waals surface area contributed by atoms with E-state index < -0.39 is 11.4 Å².